The van der Waals surface area contributed by atoms with Crippen molar-refractivity contribution in [2.45, 2.75) is 24.7 Å². The summed E-state index contributed by atoms with van der Waals surface area (Å²) in [6, 6.07) is 18.5. The van der Waals surface area contributed by atoms with E-state index in [9.17, 15) is 14.7 Å². The molecule has 2 atom stereocenters. The number of nitrogens with zero attached hydrogens (tertiary/aromatic N) is 1. The van der Waals surface area contributed by atoms with Crippen LogP contribution in [0.1, 0.15) is 40.7 Å². The minimum Gasteiger partial charge on any atom is -0.508 e. The number of hydrogen-bond donors (Lipinski definition) is 3. The zero-order valence-corrected chi connectivity index (χ0v) is 20.3. The van der Waals surface area contributed by atoms with Crippen molar-refractivity contribution in [1.82, 2.24) is 9.78 Å². The molecule has 2 aromatic carbocycles. The van der Waals surface area contributed by atoms with Crippen LogP contribution < -0.4 is 10.9 Å². The standard InChI is InChI=1S/C26H20BrN3O3S/c27-15-8-9-19(31)17(13-15)22-23-18(11-14(12-20(23)32)21-7-4-10-34-21)28-25-24(22)26(33)30(29-25)16-5-2-1-3-6-16/h1-10,13-14,22,28-29,31H,11-12H2. The number of nitrogens with one attached hydrogen (secondary N) is 2. The van der Waals surface area contributed by atoms with Gasteiger partial charge in [0.1, 0.15) is 11.6 Å². The third kappa shape index (κ3) is 3.36. The van der Waals surface area contributed by atoms with Gasteiger partial charge in [-0.3, -0.25) is 14.7 Å². The second-order valence-electron chi connectivity index (χ2n) is 8.57. The molecule has 6 nitrogen and oxygen atoms in total. The SMILES string of the molecule is O=C1CC(c2cccs2)CC2=C1C(c1cc(Br)ccc1O)c1c([nH]n(-c3ccccc3)c1=O)N2. The van der Waals surface area contributed by atoms with E-state index in [1.165, 1.54) is 9.56 Å². The Morgan fingerprint density at radius 3 is 2.62 bits per heavy atom. The molecule has 0 saturated heterocycles. The van der Waals surface area contributed by atoms with E-state index in [1.54, 1.807) is 29.5 Å². The van der Waals surface area contributed by atoms with Crippen LogP contribution in [0.4, 0.5) is 5.82 Å². The number of fused-ring (bicyclic) bond motifs is 1. The Hall–Kier alpha value is -3.36. The number of rotatable bonds is 3. The number of H-pyrrole nitrogens is 1. The van der Waals surface area contributed by atoms with E-state index in [2.05, 4.69) is 32.4 Å². The summed E-state index contributed by atoms with van der Waals surface area (Å²) in [6.07, 6.45) is 1.03. The second kappa shape index (κ2) is 8.14. The topological polar surface area (TPSA) is 87.1 Å². The molecular formula is C26H20BrN3O3S. The van der Waals surface area contributed by atoms with Crippen LogP contribution in [0.15, 0.2) is 86.6 Å². The lowest BCUT2D eigenvalue weighted by atomic mass is 9.73. The number of anilines is 1. The zero-order chi connectivity index (χ0) is 23.4. The van der Waals surface area contributed by atoms with Gasteiger partial charge in [-0.25, -0.2) is 4.68 Å². The number of halogens is 1. The predicted molar refractivity (Wildman–Crippen MR) is 136 cm³/mol. The summed E-state index contributed by atoms with van der Waals surface area (Å²) in [5.74, 6) is 0.00724. The summed E-state index contributed by atoms with van der Waals surface area (Å²) in [5, 5.41) is 19.4. The molecule has 2 aromatic heterocycles. The van der Waals surface area contributed by atoms with Crippen LogP contribution in [-0.2, 0) is 4.79 Å². The van der Waals surface area contributed by atoms with Gasteiger partial charge in [0.15, 0.2) is 5.78 Å². The summed E-state index contributed by atoms with van der Waals surface area (Å²) >= 11 is 5.14. The number of aromatic hydroxyl groups is 1. The maximum absolute atomic E-state index is 13.7. The van der Waals surface area contributed by atoms with E-state index in [4.69, 9.17) is 0 Å². The second-order valence-corrected chi connectivity index (χ2v) is 10.5. The van der Waals surface area contributed by atoms with Crippen molar-refractivity contribution in [1.29, 1.82) is 0 Å². The molecule has 0 spiro atoms. The molecule has 0 saturated carbocycles. The molecule has 0 amide bonds. The minimum absolute atomic E-state index is 0.00552. The molecule has 3 heterocycles. The molecule has 0 radical (unpaired) electrons. The summed E-state index contributed by atoms with van der Waals surface area (Å²) in [6.45, 7) is 0. The van der Waals surface area contributed by atoms with E-state index < -0.39 is 5.92 Å². The van der Waals surface area contributed by atoms with Crippen molar-refractivity contribution in [3.63, 3.8) is 0 Å². The van der Waals surface area contributed by atoms with Gasteiger partial charge in [-0.05, 0) is 48.2 Å². The highest BCUT2D eigenvalue weighted by Crippen LogP contribution is 2.49. The first-order valence-corrected chi connectivity index (χ1v) is 12.6. The molecule has 6 rings (SSSR count). The first kappa shape index (κ1) is 21.2. The number of carbonyl (C=O) groups excluding carboxylic acids is 1. The molecule has 4 aromatic rings. The fourth-order valence-electron chi connectivity index (χ4n) is 5.04. The molecule has 170 valence electrons. The Morgan fingerprint density at radius 2 is 1.85 bits per heavy atom. The first-order valence-electron chi connectivity index (χ1n) is 11.0. The number of phenols is 1. The molecular weight excluding hydrogens is 514 g/mol. The van der Waals surface area contributed by atoms with Crippen molar-refractivity contribution >= 4 is 38.9 Å². The summed E-state index contributed by atoms with van der Waals surface area (Å²) in [4.78, 5) is 28.5. The van der Waals surface area contributed by atoms with Crippen LogP contribution in [0.3, 0.4) is 0 Å². The molecule has 3 N–H and O–H groups in total. The van der Waals surface area contributed by atoms with Gasteiger partial charge in [-0.2, -0.15) is 0 Å². The molecule has 2 unspecified atom stereocenters. The van der Waals surface area contributed by atoms with Gasteiger partial charge in [0.25, 0.3) is 5.56 Å². The maximum atomic E-state index is 13.7. The molecule has 0 fully saturated rings. The lowest BCUT2D eigenvalue weighted by Gasteiger charge is -2.34. The largest absolute Gasteiger partial charge is 0.508 e. The average molecular weight is 534 g/mol. The molecule has 2 aliphatic rings. The van der Waals surface area contributed by atoms with Crippen molar-refractivity contribution in [2.75, 3.05) is 5.32 Å². The number of Topliss-reactive ketones (excluding diaryl/α,β-unsaturated/α-hetero) is 1. The fourth-order valence-corrected chi connectivity index (χ4v) is 6.25. The molecule has 1 aliphatic carbocycles. The Labute approximate surface area is 207 Å². The van der Waals surface area contributed by atoms with Gasteiger partial charge in [0.05, 0.1) is 17.2 Å². The van der Waals surface area contributed by atoms with E-state index in [0.29, 0.717) is 41.0 Å². The molecule has 1 aliphatic heterocycles. The number of allylic oxidation sites excluding steroid dienone is 2. The van der Waals surface area contributed by atoms with Crippen molar-refractivity contribution in [2.24, 2.45) is 0 Å². The maximum Gasteiger partial charge on any atom is 0.277 e. The average Bonchev–Trinajstić information content (AvgIpc) is 3.49. The molecule has 34 heavy (non-hydrogen) atoms. The zero-order valence-electron chi connectivity index (χ0n) is 17.9. The van der Waals surface area contributed by atoms with Crippen LogP contribution in [0.25, 0.3) is 5.69 Å². The number of aromatic amines is 1. The normalized spacial score (nSPS) is 19.5. The van der Waals surface area contributed by atoms with Crippen molar-refractivity contribution < 1.29 is 9.90 Å². The Balaban J connectivity index is 1.56. The van der Waals surface area contributed by atoms with Crippen LogP contribution in [0.5, 0.6) is 5.75 Å². The predicted octanol–water partition coefficient (Wildman–Crippen LogP) is 5.65. The van der Waals surface area contributed by atoms with Crippen LogP contribution in [-0.4, -0.2) is 20.7 Å². The summed E-state index contributed by atoms with van der Waals surface area (Å²) in [7, 11) is 0. The minimum atomic E-state index is -0.672. The Morgan fingerprint density at radius 1 is 1.03 bits per heavy atom. The lowest BCUT2D eigenvalue weighted by Crippen LogP contribution is -2.31. The lowest BCUT2D eigenvalue weighted by molar-refractivity contribution is -0.116. The molecule has 0 bridgehead atoms. The van der Waals surface area contributed by atoms with Crippen LogP contribution in [0.2, 0.25) is 0 Å². The number of hydrogen-bond acceptors (Lipinski definition) is 5. The van der Waals surface area contributed by atoms with Gasteiger partial charge in [0, 0.05) is 38.5 Å². The number of benzene rings is 2. The summed E-state index contributed by atoms with van der Waals surface area (Å²) < 4.78 is 2.25. The number of para-hydroxylation sites is 1. The van der Waals surface area contributed by atoms with Gasteiger partial charge in [-0.1, -0.05) is 40.2 Å². The highest BCUT2D eigenvalue weighted by Gasteiger charge is 2.42. The monoisotopic (exact) mass is 533 g/mol. The molecule has 8 heteroatoms. The Kier molecular flexibility index (Phi) is 5.08. The third-order valence-corrected chi connectivity index (χ3v) is 8.08. The summed E-state index contributed by atoms with van der Waals surface area (Å²) in [5.41, 5.74) is 2.76. The Bertz CT molecular complexity index is 1500. The number of aromatic nitrogens is 2. The third-order valence-electron chi connectivity index (χ3n) is 6.55. The number of carbonyl (C=O) groups is 1. The fraction of sp³-hybridized carbons (Fsp3) is 0.154. The number of thiophene rings is 1. The first-order chi connectivity index (χ1) is 16.5. The van der Waals surface area contributed by atoms with Crippen molar-refractivity contribution in [3.8, 4) is 11.4 Å². The van der Waals surface area contributed by atoms with Gasteiger partial charge in [0.2, 0.25) is 0 Å². The quantitative estimate of drug-likeness (QED) is 0.317. The van der Waals surface area contributed by atoms with Crippen molar-refractivity contribution in [3.05, 3.63) is 108 Å². The number of ketones is 1. The highest BCUT2D eigenvalue weighted by molar-refractivity contribution is 9.10. The van der Waals surface area contributed by atoms with E-state index in [0.717, 1.165) is 10.2 Å². The van der Waals surface area contributed by atoms with Gasteiger partial charge >= 0.3 is 0 Å². The van der Waals surface area contributed by atoms with Crippen LogP contribution in [0, 0.1) is 0 Å². The van der Waals surface area contributed by atoms with Gasteiger partial charge in [-0.15, -0.1) is 11.3 Å². The van der Waals surface area contributed by atoms with E-state index in [1.807, 2.05) is 41.8 Å². The van der Waals surface area contributed by atoms with Gasteiger partial charge < -0.3 is 10.4 Å². The highest BCUT2D eigenvalue weighted by atomic mass is 79.9. The van der Waals surface area contributed by atoms with E-state index in [-0.39, 0.29) is 23.0 Å². The van der Waals surface area contributed by atoms with Crippen LogP contribution >= 0.6 is 27.3 Å². The van der Waals surface area contributed by atoms with E-state index >= 15 is 0 Å². The number of phenolic OH excluding ortho intramolecular Hbond substituents is 1. The smallest absolute Gasteiger partial charge is 0.277 e.